The van der Waals surface area contributed by atoms with Gasteiger partial charge in [0.05, 0.1) is 12.6 Å². The SMILES string of the molecule is NC(=O)CN1CC(Cc2ccc(O)cc2)NC(=O)CCCCC(=O)NC(CCCN=C(N)N)C1=O. The van der Waals surface area contributed by atoms with Crippen molar-refractivity contribution >= 4 is 29.6 Å². The number of carbonyl (C=O) groups is 4. The molecular formula is C23H35N7O5. The van der Waals surface area contributed by atoms with E-state index in [-0.39, 0.29) is 62.4 Å². The zero-order valence-electron chi connectivity index (χ0n) is 19.7. The summed E-state index contributed by atoms with van der Waals surface area (Å²) in [7, 11) is 0. The number of amides is 4. The van der Waals surface area contributed by atoms with Crippen LogP contribution in [-0.4, -0.2) is 71.3 Å². The number of primary amides is 1. The number of nitrogens with two attached hydrogens (primary N) is 3. The first-order valence-electron chi connectivity index (χ1n) is 11.6. The van der Waals surface area contributed by atoms with Crippen molar-refractivity contribution in [3.63, 3.8) is 0 Å². The largest absolute Gasteiger partial charge is 0.508 e. The average Bonchev–Trinajstić information content (AvgIpc) is 2.79. The Kier molecular flexibility index (Phi) is 10.8. The first-order chi connectivity index (χ1) is 16.6. The van der Waals surface area contributed by atoms with Crippen LogP contribution in [0.1, 0.15) is 44.1 Å². The molecule has 1 aromatic carbocycles. The number of aromatic hydroxyl groups is 1. The minimum atomic E-state index is -0.901. The van der Waals surface area contributed by atoms with Crippen molar-refractivity contribution in [1.82, 2.24) is 15.5 Å². The Balaban J connectivity index is 2.29. The lowest BCUT2D eigenvalue weighted by atomic mass is 10.0. The molecule has 192 valence electrons. The third-order valence-corrected chi connectivity index (χ3v) is 5.52. The summed E-state index contributed by atoms with van der Waals surface area (Å²) in [6, 6.07) is 5.08. The summed E-state index contributed by atoms with van der Waals surface area (Å²) in [6.07, 6.45) is 2.43. The van der Waals surface area contributed by atoms with Gasteiger partial charge in [-0.15, -0.1) is 0 Å². The molecule has 0 spiro atoms. The number of nitrogens with one attached hydrogen (secondary N) is 2. The van der Waals surface area contributed by atoms with Crippen LogP contribution in [0.2, 0.25) is 0 Å². The number of rotatable bonds is 8. The first-order valence-corrected chi connectivity index (χ1v) is 11.6. The van der Waals surface area contributed by atoms with Gasteiger partial charge in [-0.25, -0.2) is 0 Å². The van der Waals surface area contributed by atoms with Crippen LogP contribution in [0.3, 0.4) is 0 Å². The summed E-state index contributed by atoms with van der Waals surface area (Å²) in [5.41, 5.74) is 16.9. The van der Waals surface area contributed by atoms with E-state index in [1.165, 1.54) is 17.0 Å². The van der Waals surface area contributed by atoms with Gasteiger partial charge >= 0.3 is 0 Å². The second-order valence-electron chi connectivity index (χ2n) is 8.60. The fourth-order valence-electron chi connectivity index (χ4n) is 3.88. The molecular weight excluding hydrogens is 454 g/mol. The van der Waals surface area contributed by atoms with Crippen LogP contribution in [0.5, 0.6) is 5.75 Å². The van der Waals surface area contributed by atoms with Gasteiger partial charge in [0.1, 0.15) is 11.8 Å². The second-order valence-corrected chi connectivity index (χ2v) is 8.60. The predicted octanol–water partition coefficient (Wildman–Crippen LogP) is -1.15. The number of hydrogen-bond donors (Lipinski definition) is 6. The second kappa shape index (κ2) is 13.8. The van der Waals surface area contributed by atoms with Gasteiger partial charge in [-0.05, 0) is 49.8 Å². The summed E-state index contributed by atoms with van der Waals surface area (Å²) in [4.78, 5) is 55.4. The molecule has 1 fully saturated rings. The van der Waals surface area contributed by atoms with Crippen molar-refractivity contribution in [2.24, 2.45) is 22.2 Å². The van der Waals surface area contributed by atoms with E-state index in [4.69, 9.17) is 17.2 Å². The van der Waals surface area contributed by atoms with Crippen LogP contribution >= 0.6 is 0 Å². The maximum atomic E-state index is 13.5. The number of phenols is 1. The van der Waals surface area contributed by atoms with E-state index >= 15 is 0 Å². The molecule has 0 saturated carbocycles. The highest BCUT2D eigenvalue weighted by atomic mass is 16.3. The fourth-order valence-corrected chi connectivity index (χ4v) is 3.88. The van der Waals surface area contributed by atoms with Crippen LogP contribution in [0, 0.1) is 0 Å². The Labute approximate surface area is 204 Å². The van der Waals surface area contributed by atoms with Crippen LogP contribution in [0.15, 0.2) is 29.3 Å². The molecule has 35 heavy (non-hydrogen) atoms. The number of hydrogen-bond acceptors (Lipinski definition) is 6. The average molecular weight is 490 g/mol. The number of aliphatic imine (C=N–C) groups is 1. The van der Waals surface area contributed by atoms with Crippen molar-refractivity contribution in [3.05, 3.63) is 29.8 Å². The molecule has 0 aliphatic carbocycles. The third-order valence-electron chi connectivity index (χ3n) is 5.52. The molecule has 2 atom stereocenters. The molecule has 0 aromatic heterocycles. The van der Waals surface area contributed by atoms with Gasteiger partial charge in [0, 0.05) is 25.9 Å². The monoisotopic (exact) mass is 489 g/mol. The van der Waals surface area contributed by atoms with E-state index in [1.54, 1.807) is 12.1 Å². The van der Waals surface area contributed by atoms with E-state index in [9.17, 15) is 24.3 Å². The number of guanidine groups is 1. The normalized spacial score (nSPS) is 20.0. The van der Waals surface area contributed by atoms with E-state index in [2.05, 4.69) is 15.6 Å². The summed E-state index contributed by atoms with van der Waals surface area (Å²) in [6.45, 7) is -0.0902. The molecule has 2 unspecified atom stereocenters. The Hall–Kier alpha value is -3.83. The van der Waals surface area contributed by atoms with Crippen LogP contribution in [0.25, 0.3) is 0 Å². The van der Waals surface area contributed by atoms with Crippen LogP contribution in [0.4, 0.5) is 0 Å². The topological polar surface area (TPSA) is 206 Å². The Bertz CT molecular complexity index is 915. The number of carbonyl (C=O) groups excluding carboxylic acids is 4. The molecule has 1 aliphatic heterocycles. The number of benzene rings is 1. The molecule has 0 radical (unpaired) electrons. The van der Waals surface area contributed by atoms with Gasteiger partial charge in [0.2, 0.25) is 23.6 Å². The molecule has 0 bridgehead atoms. The van der Waals surface area contributed by atoms with E-state index in [0.29, 0.717) is 25.7 Å². The Morgan fingerprint density at radius 3 is 2.26 bits per heavy atom. The molecule has 1 heterocycles. The predicted molar refractivity (Wildman–Crippen MR) is 130 cm³/mol. The maximum Gasteiger partial charge on any atom is 0.245 e. The van der Waals surface area contributed by atoms with Gasteiger partial charge < -0.3 is 37.8 Å². The number of nitrogens with zero attached hydrogens (tertiary/aromatic N) is 2. The number of phenolic OH excluding ortho intramolecular Hbond substituents is 1. The lowest BCUT2D eigenvalue weighted by Crippen LogP contribution is -2.54. The molecule has 9 N–H and O–H groups in total. The van der Waals surface area contributed by atoms with Gasteiger partial charge in [0.25, 0.3) is 0 Å². The summed E-state index contributed by atoms with van der Waals surface area (Å²) in [5.74, 6) is -1.69. The van der Waals surface area contributed by atoms with Gasteiger partial charge in [-0.2, -0.15) is 0 Å². The molecule has 12 nitrogen and oxygen atoms in total. The third kappa shape index (κ3) is 10.3. The zero-order valence-corrected chi connectivity index (χ0v) is 19.7. The Morgan fingerprint density at radius 1 is 1.03 bits per heavy atom. The van der Waals surface area contributed by atoms with Crippen LogP contribution in [-0.2, 0) is 25.6 Å². The molecule has 1 aliphatic rings. The minimum Gasteiger partial charge on any atom is -0.508 e. The summed E-state index contributed by atoms with van der Waals surface area (Å²) < 4.78 is 0. The highest BCUT2D eigenvalue weighted by molar-refractivity contribution is 5.90. The van der Waals surface area contributed by atoms with Crippen molar-refractivity contribution in [2.75, 3.05) is 19.6 Å². The van der Waals surface area contributed by atoms with Crippen LogP contribution < -0.4 is 27.8 Å². The van der Waals surface area contributed by atoms with Crippen molar-refractivity contribution in [1.29, 1.82) is 0 Å². The van der Waals surface area contributed by atoms with E-state index < -0.39 is 23.9 Å². The van der Waals surface area contributed by atoms with Gasteiger partial charge in [-0.1, -0.05) is 12.1 Å². The molecule has 4 amide bonds. The molecule has 1 aromatic rings. The van der Waals surface area contributed by atoms with Gasteiger partial charge in [-0.3, -0.25) is 24.2 Å². The molecule has 12 heteroatoms. The van der Waals surface area contributed by atoms with Gasteiger partial charge in [0.15, 0.2) is 5.96 Å². The zero-order chi connectivity index (χ0) is 25.8. The lowest BCUT2D eigenvalue weighted by molar-refractivity contribution is -0.139. The van der Waals surface area contributed by atoms with Crippen molar-refractivity contribution < 1.29 is 24.3 Å². The lowest BCUT2D eigenvalue weighted by Gasteiger charge is -2.31. The fraction of sp³-hybridized carbons (Fsp3) is 0.522. The van der Waals surface area contributed by atoms with E-state index in [0.717, 1.165) is 5.56 Å². The maximum absolute atomic E-state index is 13.5. The minimum absolute atomic E-state index is 0.00859. The standard InChI is InChI=1S/C23H35N7O5/c24-19(32)14-30-13-16(12-15-7-9-17(31)10-8-15)28-20(33)5-1-2-6-21(34)29-18(22(30)35)4-3-11-27-23(25)26/h7-10,16,18,31H,1-6,11-14H2,(H2,24,32)(H,28,33)(H,29,34)(H4,25,26,27). The smallest absolute Gasteiger partial charge is 0.245 e. The highest BCUT2D eigenvalue weighted by Crippen LogP contribution is 2.14. The Morgan fingerprint density at radius 2 is 1.66 bits per heavy atom. The quantitative estimate of drug-likeness (QED) is 0.150. The highest BCUT2D eigenvalue weighted by Gasteiger charge is 2.29. The van der Waals surface area contributed by atoms with Crippen molar-refractivity contribution in [2.45, 2.75) is 57.0 Å². The molecule has 1 saturated heterocycles. The summed E-state index contributed by atoms with van der Waals surface area (Å²) in [5, 5.41) is 15.2. The van der Waals surface area contributed by atoms with Crippen molar-refractivity contribution in [3.8, 4) is 5.75 Å². The van der Waals surface area contributed by atoms with E-state index in [1.807, 2.05) is 0 Å². The summed E-state index contributed by atoms with van der Waals surface area (Å²) >= 11 is 0. The first kappa shape index (κ1) is 27.4. The molecule has 2 rings (SSSR count).